The minimum atomic E-state index is -3.32. The molecule has 8 heteroatoms. The van der Waals surface area contributed by atoms with Gasteiger partial charge in [-0.25, -0.2) is 8.42 Å². The fraction of sp³-hybridized carbons (Fsp3) is 0.350. The molecule has 0 heterocycles. The molecule has 1 aliphatic rings. The van der Waals surface area contributed by atoms with Crippen LogP contribution >= 0.6 is 11.6 Å². The van der Waals surface area contributed by atoms with Crippen molar-refractivity contribution < 1.29 is 17.9 Å². The standard InChI is InChI=1S/C20H23ClN2O4S/c1-20(2)17(12-5-8-14(9-6-12)23-28(4,25)26)18(20)19(24)22-15-11-13(21)7-10-16(15)27-3/h5-11,17-18,23H,1-4H3,(H,22,24). The van der Waals surface area contributed by atoms with E-state index < -0.39 is 10.0 Å². The summed E-state index contributed by atoms with van der Waals surface area (Å²) < 4.78 is 30.4. The zero-order valence-electron chi connectivity index (χ0n) is 16.1. The minimum Gasteiger partial charge on any atom is -0.495 e. The predicted octanol–water partition coefficient (Wildman–Crippen LogP) is 4.10. The number of ether oxygens (including phenoxy) is 1. The number of methoxy groups -OCH3 is 1. The fourth-order valence-corrected chi connectivity index (χ4v) is 4.45. The van der Waals surface area contributed by atoms with Crippen molar-refractivity contribution in [1.82, 2.24) is 0 Å². The van der Waals surface area contributed by atoms with Crippen molar-refractivity contribution >= 4 is 38.9 Å². The van der Waals surface area contributed by atoms with Gasteiger partial charge in [-0.3, -0.25) is 9.52 Å². The molecule has 2 atom stereocenters. The number of carbonyl (C=O) groups is 1. The van der Waals surface area contributed by atoms with E-state index in [-0.39, 0.29) is 23.2 Å². The maximum absolute atomic E-state index is 12.9. The number of sulfonamides is 1. The molecule has 2 aromatic carbocycles. The van der Waals surface area contributed by atoms with Gasteiger partial charge >= 0.3 is 0 Å². The summed E-state index contributed by atoms with van der Waals surface area (Å²) in [5.74, 6) is 0.257. The molecule has 3 rings (SSSR count). The first-order valence-electron chi connectivity index (χ1n) is 8.75. The second kappa shape index (κ2) is 7.29. The number of halogens is 1. The summed E-state index contributed by atoms with van der Waals surface area (Å²) >= 11 is 6.04. The van der Waals surface area contributed by atoms with Gasteiger partial charge < -0.3 is 10.1 Å². The van der Waals surface area contributed by atoms with Gasteiger partial charge in [0.25, 0.3) is 0 Å². The summed E-state index contributed by atoms with van der Waals surface area (Å²) in [6.07, 6.45) is 1.11. The zero-order valence-corrected chi connectivity index (χ0v) is 17.7. The van der Waals surface area contributed by atoms with E-state index in [1.54, 1.807) is 30.3 Å². The van der Waals surface area contributed by atoms with Crippen LogP contribution in [0.1, 0.15) is 25.3 Å². The Labute approximate surface area is 170 Å². The Morgan fingerprint density at radius 1 is 1.14 bits per heavy atom. The van der Waals surface area contributed by atoms with Crippen LogP contribution in [0.15, 0.2) is 42.5 Å². The first kappa shape index (κ1) is 20.5. The lowest BCUT2D eigenvalue weighted by molar-refractivity contribution is -0.118. The quantitative estimate of drug-likeness (QED) is 0.734. The number of rotatable bonds is 6. The molecule has 2 N–H and O–H groups in total. The monoisotopic (exact) mass is 422 g/mol. The number of amides is 1. The molecule has 6 nitrogen and oxygen atoms in total. The molecule has 0 spiro atoms. The van der Waals surface area contributed by atoms with Gasteiger partial charge in [-0.05, 0) is 41.3 Å². The molecule has 1 fully saturated rings. The van der Waals surface area contributed by atoms with Crippen LogP contribution in [-0.2, 0) is 14.8 Å². The molecule has 0 aliphatic heterocycles. The topological polar surface area (TPSA) is 84.5 Å². The third-order valence-electron chi connectivity index (χ3n) is 5.10. The molecular weight excluding hydrogens is 400 g/mol. The van der Waals surface area contributed by atoms with Gasteiger partial charge in [0.1, 0.15) is 5.75 Å². The van der Waals surface area contributed by atoms with Crippen LogP contribution in [0.3, 0.4) is 0 Å². The van der Waals surface area contributed by atoms with E-state index in [2.05, 4.69) is 10.0 Å². The van der Waals surface area contributed by atoms with E-state index in [4.69, 9.17) is 16.3 Å². The SMILES string of the molecule is COc1ccc(Cl)cc1NC(=O)C1C(c2ccc(NS(C)(=O)=O)cc2)C1(C)C. The van der Waals surface area contributed by atoms with Crippen LogP contribution in [0.4, 0.5) is 11.4 Å². The van der Waals surface area contributed by atoms with E-state index >= 15 is 0 Å². The molecule has 1 amide bonds. The Balaban J connectivity index is 1.77. The van der Waals surface area contributed by atoms with Crippen molar-refractivity contribution in [2.45, 2.75) is 19.8 Å². The second-order valence-electron chi connectivity index (χ2n) is 7.61. The fourth-order valence-electron chi connectivity index (χ4n) is 3.71. The van der Waals surface area contributed by atoms with Gasteiger partial charge in [0.05, 0.1) is 25.0 Å². The van der Waals surface area contributed by atoms with Gasteiger partial charge in [0, 0.05) is 16.6 Å². The van der Waals surface area contributed by atoms with Crippen LogP contribution in [0.25, 0.3) is 0 Å². The lowest BCUT2D eigenvalue weighted by atomic mass is 10.0. The molecule has 2 aromatic rings. The van der Waals surface area contributed by atoms with E-state index in [1.165, 1.54) is 7.11 Å². The third-order valence-corrected chi connectivity index (χ3v) is 5.94. The Morgan fingerprint density at radius 2 is 1.79 bits per heavy atom. The van der Waals surface area contributed by atoms with Gasteiger partial charge in [-0.1, -0.05) is 37.6 Å². The number of hydrogen-bond acceptors (Lipinski definition) is 4. The van der Waals surface area contributed by atoms with E-state index in [0.717, 1.165) is 11.8 Å². The Morgan fingerprint density at radius 3 is 2.36 bits per heavy atom. The first-order chi connectivity index (χ1) is 13.0. The molecule has 0 bridgehead atoms. The van der Waals surface area contributed by atoms with Crippen molar-refractivity contribution in [3.63, 3.8) is 0 Å². The smallest absolute Gasteiger partial charge is 0.229 e. The van der Waals surface area contributed by atoms with Crippen molar-refractivity contribution in [2.24, 2.45) is 11.3 Å². The van der Waals surface area contributed by atoms with Crippen molar-refractivity contribution in [3.05, 3.63) is 53.1 Å². The summed E-state index contributed by atoms with van der Waals surface area (Å²) in [4.78, 5) is 12.9. The van der Waals surface area contributed by atoms with Crippen molar-refractivity contribution in [3.8, 4) is 5.75 Å². The van der Waals surface area contributed by atoms with Crippen LogP contribution in [0, 0.1) is 11.3 Å². The molecule has 1 saturated carbocycles. The molecule has 1 aliphatic carbocycles. The second-order valence-corrected chi connectivity index (χ2v) is 9.79. The van der Waals surface area contributed by atoms with Crippen LogP contribution < -0.4 is 14.8 Å². The highest BCUT2D eigenvalue weighted by Crippen LogP contribution is 2.64. The van der Waals surface area contributed by atoms with E-state index in [1.807, 2.05) is 26.0 Å². The van der Waals surface area contributed by atoms with Gasteiger partial charge in [0.15, 0.2) is 0 Å². The normalized spacial score (nSPS) is 20.3. The van der Waals surface area contributed by atoms with Gasteiger partial charge in [0.2, 0.25) is 15.9 Å². The molecule has 2 unspecified atom stereocenters. The van der Waals surface area contributed by atoms with Crippen LogP contribution in [0.5, 0.6) is 5.75 Å². The highest BCUT2D eigenvalue weighted by Gasteiger charge is 2.62. The Kier molecular flexibility index (Phi) is 5.34. The van der Waals surface area contributed by atoms with Crippen molar-refractivity contribution in [2.75, 3.05) is 23.4 Å². The number of anilines is 2. The highest BCUT2D eigenvalue weighted by atomic mass is 35.5. The lowest BCUT2D eigenvalue weighted by Gasteiger charge is -2.11. The molecule has 0 saturated heterocycles. The minimum absolute atomic E-state index is 0.0324. The zero-order chi connectivity index (χ0) is 20.7. The maximum Gasteiger partial charge on any atom is 0.229 e. The first-order valence-corrected chi connectivity index (χ1v) is 11.0. The third kappa shape index (κ3) is 4.25. The van der Waals surface area contributed by atoms with E-state index in [0.29, 0.717) is 22.1 Å². The number of benzene rings is 2. The molecular formula is C20H23ClN2O4S. The number of hydrogen-bond donors (Lipinski definition) is 2. The average Bonchev–Trinajstić information content (AvgIpc) is 3.17. The molecule has 0 aromatic heterocycles. The predicted molar refractivity (Wildman–Crippen MR) is 112 cm³/mol. The van der Waals surface area contributed by atoms with Crippen molar-refractivity contribution in [1.29, 1.82) is 0 Å². The maximum atomic E-state index is 12.9. The molecule has 150 valence electrons. The van der Waals surface area contributed by atoms with Gasteiger partial charge in [-0.2, -0.15) is 0 Å². The Hall–Kier alpha value is -2.25. The molecule has 28 heavy (non-hydrogen) atoms. The number of nitrogens with one attached hydrogen (secondary N) is 2. The summed E-state index contributed by atoms with van der Waals surface area (Å²) in [5, 5.41) is 3.43. The lowest BCUT2D eigenvalue weighted by Crippen LogP contribution is -2.17. The highest BCUT2D eigenvalue weighted by molar-refractivity contribution is 7.92. The Bertz CT molecular complexity index is 1000. The largest absolute Gasteiger partial charge is 0.495 e. The summed E-state index contributed by atoms with van der Waals surface area (Å²) in [6.45, 7) is 4.08. The molecule has 0 radical (unpaired) electrons. The average molecular weight is 423 g/mol. The summed E-state index contributed by atoms with van der Waals surface area (Å²) in [6, 6.07) is 12.2. The summed E-state index contributed by atoms with van der Waals surface area (Å²) in [7, 11) is -1.79. The van der Waals surface area contributed by atoms with Crippen LogP contribution in [-0.4, -0.2) is 27.7 Å². The number of carbonyl (C=O) groups excluding carboxylic acids is 1. The van der Waals surface area contributed by atoms with Gasteiger partial charge in [-0.15, -0.1) is 0 Å². The van der Waals surface area contributed by atoms with E-state index in [9.17, 15) is 13.2 Å². The summed E-state index contributed by atoms with van der Waals surface area (Å²) in [5.41, 5.74) is 1.80. The van der Waals surface area contributed by atoms with Crippen LogP contribution in [0.2, 0.25) is 5.02 Å².